The third-order valence-electron chi connectivity index (χ3n) is 2.76. The Hall–Kier alpha value is -1.63. The highest BCUT2D eigenvalue weighted by molar-refractivity contribution is 9.10. The molecule has 0 spiro atoms. The van der Waals surface area contributed by atoms with Crippen molar-refractivity contribution in [3.8, 4) is 0 Å². The SMILES string of the molecule is Fc1cccc(F)c1CNc1cc(Br)cc(C(F)(F)F)c1. The summed E-state index contributed by atoms with van der Waals surface area (Å²) in [6.07, 6.45) is -4.50. The fourth-order valence-electron chi connectivity index (χ4n) is 1.75. The van der Waals surface area contributed by atoms with Crippen molar-refractivity contribution in [2.24, 2.45) is 0 Å². The lowest BCUT2D eigenvalue weighted by molar-refractivity contribution is -0.137. The highest BCUT2D eigenvalue weighted by Crippen LogP contribution is 2.33. The Bertz CT molecular complexity index is 634. The molecule has 1 nitrogen and oxygen atoms in total. The molecular weight excluding hydrogens is 357 g/mol. The molecule has 21 heavy (non-hydrogen) atoms. The van der Waals surface area contributed by atoms with E-state index in [9.17, 15) is 22.0 Å². The van der Waals surface area contributed by atoms with E-state index in [4.69, 9.17) is 0 Å². The summed E-state index contributed by atoms with van der Waals surface area (Å²) in [6.45, 7) is -0.258. The van der Waals surface area contributed by atoms with E-state index in [1.54, 1.807) is 0 Å². The summed E-state index contributed by atoms with van der Waals surface area (Å²) in [5, 5.41) is 2.59. The molecule has 2 rings (SSSR count). The number of hydrogen-bond acceptors (Lipinski definition) is 1. The molecule has 0 bridgehead atoms. The highest BCUT2D eigenvalue weighted by atomic mass is 79.9. The van der Waals surface area contributed by atoms with Gasteiger partial charge in [0, 0.05) is 22.3 Å². The second-order valence-corrected chi connectivity index (χ2v) is 5.20. The summed E-state index contributed by atoms with van der Waals surface area (Å²) in [5.41, 5.74) is -0.973. The average Bonchev–Trinajstić information content (AvgIpc) is 2.36. The summed E-state index contributed by atoms with van der Waals surface area (Å²) in [7, 11) is 0. The maximum Gasteiger partial charge on any atom is 0.416 e. The molecule has 0 fully saturated rings. The molecule has 2 aromatic rings. The Balaban J connectivity index is 2.23. The maximum atomic E-state index is 13.4. The Morgan fingerprint density at radius 1 is 1.00 bits per heavy atom. The first-order valence-corrected chi connectivity index (χ1v) is 6.61. The molecule has 0 heterocycles. The minimum atomic E-state index is -4.50. The summed E-state index contributed by atoms with van der Waals surface area (Å²) in [6, 6.07) is 6.59. The molecule has 0 aliphatic rings. The van der Waals surface area contributed by atoms with Gasteiger partial charge in [0.15, 0.2) is 0 Å². The molecule has 0 aromatic heterocycles. The normalized spacial score (nSPS) is 11.5. The van der Waals surface area contributed by atoms with E-state index in [1.807, 2.05) is 0 Å². The predicted molar refractivity (Wildman–Crippen MR) is 72.8 cm³/mol. The van der Waals surface area contributed by atoms with Gasteiger partial charge >= 0.3 is 6.18 Å². The molecule has 7 heteroatoms. The van der Waals surface area contributed by atoms with E-state index in [0.717, 1.165) is 24.3 Å². The van der Waals surface area contributed by atoms with Crippen molar-refractivity contribution in [1.29, 1.82) is 0 Å². The third kappa shape index (κ3) is 3.93. The molecule has 0 saturated heterocycles. The van der Waals surface area contributed by atoms with E-state index in [1.165, 1.54) is 12.1 Å². The molecule has 0 saturated carbocycles. The van der Waals surface area contributed by atoms with Crippen LogP contribution in [0.5, 0.6) is 0 Å². The molecule has 0 aliphatic carbocycles. The fourth-order valence-corrected chi connectivity index (χ4v) is 2.24. The highest BCUT2D eigenvalue weighted by Gasteiger charge is 2.31. The standard InChI is InChI=1S/C14H9BrF5N/c15-9-4-8(14(18,19)20)5-10(6-9)21-7-11-12(16)2-1-3-13(11)17/h1-6,21H,7H2. The minimum absolute atomic E-state index is 0.111. The van der Waals surface area contributed by atoms with Gasteiger partial charge in [-0.25, -0.2) is 8.78 Å². The monoisotopic (exact) mass is 365 g/mol. The summed E-state index contributed by atoms with van der Waals surface area (Å²) in [4.78, 5) is 0. The van der Waals surface area contributed by atoms with E-state index in [-0.39, 0.29) is 22.3 Å². The first kappa shape index (κ1) is 15.8. The van der Waals surface area contributed by atoms with Gasteiger partial charge in [0.05, 0.1) is 5.56 Å². The first-order chi connectivity index (χ1) is 9.77. The molecule has 1 N–H and O–H groups in total. The molecule has 0 aliphatic heterocycles. The number of rotatable bonds is 3. The van der Waals surface area contributed by atoms with Gasteiger partial charge in [0.25, 0.3) is 0 Å². The van der Waals surface area contributed by atoms with Gasteiger partial charge in [0.1, 0.15) is 11.6 Å². The third-order valence-corrected chi connectivity index (χ3v) is 3.21. The number of benzene rings is 2. The number of nitrogens with one attached hydrogen (secondary N) is 1. The largest absolute Gasteiger partial charge is 0.416 e. The second-order valence-electron chi connectivity index (χ2n) is 4.28. The smallest absolute Gasteiger partial charge is 0.381 e. The van der Waals surface area contributed by atoms with E-state index in [2.05, 4.69) is 21.2 Å². The molecule has 0 unspecified atom stereocenters. The fraction of sp³-hybridized carbons (Fsp3) is 0.143. The molecule has 0 radical (unpaired) electrons. The Morgan fingerprint density at radius 2 is 1.62 bits per heavy atom. The van der Waals surface area contributed by atoms with Gasteiger partial charge in [-0.3, -0.25) is 0 Å². The second kappa shape index (κ2) is 6.01. The lowest BCUT2D eigenvalue weighted by Gasteiger charge is -2.12. The van der Waals surface area contributed by atoms with Crippen LogP contribution >= 0.6 is 15.9 Å². The zero-order chi connectivity index (χ0) is 15.6. The van der Waals surface area contributed by atoms with E-state index >= 15 is 0 Å². The van der Waals surface area contributed by atoms with Gasteiger partial charge in [-0.1, -0.05) is 22.0 Å². The van der Waals surface area contributed by atoms with Crippen molar-refractivity contribution >= 4 is 21.6 Å². The van der Waals surface area contributed by atoms with Gasteiger partial charge in [-0.2, -0.15) is 13.2 Å². The zero-order valence-electron chi connectivity index (χ0n) is 10.4. The molecule has 0 atom stereocenters. The van der Waals surface area contributed by atoms with Crippen molar-refractivity contribution in [1.82, 2.24) is 0 Å². The topological polar surface area (TPSA) is 12.0 Å². The average molecular weight is 366 g/mol. The summed E-state index contributed by atoms with van der Waals surface area (Å²) in [5.74, 6) is -1.51. The molecule has 112 valence electrons. The lowest BCUT2D eigenvalue weighted by Crippen LogP contribution is -2.08. The Kier molecular flexibility index (Phi) is 4.51. The van der Waals surface area contributed by atoms with E-state index < -0.39 is 23.4 Å². The van der Waals surface area contributed by atoms with Crippen molar-refractivity contribution in [2.75, 3.05) is 5.32 Å². The van der Waals surface area contributed by atoms with Crippen molar-refractivity contribution in [3.05, 3.63) is 63.6 Å². The van der Waals surface area contributed by atoms with Crippen LogP contribution < -0.4 is 5.32 Å². The van der Waals surface area contributed by atoms with Crippen LogP contribution in [0.2, 0.25) is 0 Å². The predicted octanol–water partition coefficient (Wildman–Crippen LogP) is 5.36. The van der Waals surface area contributed by atoms with Crippen LogP contribution in [0.4, 0.5) is 27.6 Å². The summed E-state index contributed by atoms with van der Waals surface area (Å²) >= 11 is 2.97. The van der Waals surface area contributed by atoms with Crippen LogP contribution in [0, 0.1) is 11.6 Å². The Morgan fingerprint density at radius 3 is 2.19 bits per heavy atom. The maximum absolute atomic E-state index is 13.4. The Labute approximate surface area is 125 Å². The first-order valence-electron chi connectivity index (χ1n) is 5.82. The van der Waals surface area contributed by atoms with Gasteiger partial charge < -0.3 is 5.32 Å². The number of alkyl halides is 3. The van der Waals surface area contributed by atoms with Gasteiger partial charge in [-0.15, -0.1) is 0 Å². The zero-order valence-corrected chi connectivity index (χ0v) is 12.0. The molecule has 2 aromatic carbocycles. The number of anilines is 1. The van der Waals surface area contributed by atoms with Crippen molar-refractivity contribution in [3.63, 3.8) is 0 Å². The number of hydrogen-bond donors (Lipinski definition) is 1. The van der Waals surface area contributed by atoms with Crippen LogP contribution in [0.1, 0.15) is 11.1 Å². The van der Waals surface area contributed by atoms with Crippen LogP contribution in [0.15, 0.2) is 40.9 Å². The van der Waals surface area contributed by atoms with Crippen LogP contribution in [0.3, 0.4) is 0 Å². The van der Waals surface area contributed by atoms with Crippen molar-refractivity contribution < 1.29 is 22.0 Å². The minimum Gasteiger partial charge on any atom is -0.381 e. The lowest BCUT2D eigenvalue weighted by atomic mass is 10.1. The summed E-state index contributed by atoms with van der Waals surface area (Å²) < 4.78 is 65.1. The van der Waals surface area contributed by atoms with Gasteiger partial charge in [0.2, 0.25) is 0 Å². The quantitative estimate of drug-likeness (QED) is 0.722. The van der Waals surface area contributed by atoms with Crippen LogP contribution in [-0.4, -0.2) is 0 Å². The van der Waals surface area contributed by atoms with Crippen LogP contribution in [0.25, 0.3) is 0 Å². The molecular formula is C14H9BrF5N. The molecule has 0 amide bonds. The van der Waals surface area contributed by atoms with Crippen molar-refractivity contribution in [2.45, 2.75) is 12.7 Å². The van der Waals surface area contributed by atoms with Crippen LogP contribution in [-0.2, 0) is 12.7 Å². The van der Waals surface area contributed by atoms with E-state index in [0.29, 0.717) is 0 Å². The number of halogens is 6. The van der Waals surface area contributed by atoms with Gasteiger partial charge in [-0.05, 0) is 30.3 Å².